The Balaban J connectivity index is 1.73. The number of amides is 1. The van der Waals surface area contributed by atoms with E-state index in [0.29, 0.717) is 11.6 Å². The van der Waals surface area contributed by atoms with Gasteiger partial charge in [0, 0.05) is 6.54 Å². The van der Waals surface area contributed by atoms with Crippen molar-refractivity contribution >= 4 is 23.2 Å². The Morgan fingerprint density at radius 1 is 1.10 bits per heavy atom. The third kappa shape index (κ3) is 4.80. The number of hydrogen-bond acceptors (Lipinski definition) is 2. The highest BCUT2D eigenvalue weighted by molar-refractivity contribution is 6.33. The van der Waals surface area contributed by atoms with Crippen molar-refractivity contribution in [3.05, 3.63) is 64.7 Å². The number of hydrogen-bond donors (Lipinski definition) is 2. The van der Waals surface area contributed by atoms with Crippen LogP contribution < -0.4 is 10.6 Å². The highest BCUT2D eigenvalue weighted by atomic mass is 35.5. The molecule has 4 heteroatoms. The maximum absolute atomic E-state index is 11.8. The number of carbonyl (C=O) groups excluding carboxylic acids is 1. The van der Waals surface area contributed by atoms with Gasteiger partial charge < -0.3 is 10.6 Å². The Morgan fingerprint density at radius 3 is 2.57 bits per heavy atom. The average molecular weight is 303 g/mol. The highest BCUT2D eigenvalue weighted by Gasteiger charge is 2.03. The van der Waals surface area contributed by atoms with Gasteiger partial charge in [0.25, 0.3) is 0 Å². The van der Waals surface area contributed by atoms with E-state index in [-0.39, 0.29) is 12.5 Å². The largest absolute Gasteiger partial charge is 0.375 e. The van der Waals surface area contributed by atoms with Gasteiger partial charge in [-0.25, -0.2) is 0 Å². The Labute approximate surface area is 130 Å². The lowest BCUT2D eigenvalue weighted by Gasteiger charge is -2.10. The second-order valence-electron chi connectivity index (χ2n) is 4.86. The van der Waals surface area contributed by atoms with Crippen LogP contribution in [0.15, 0.2) is 48.5 Å². The Kier molecular flexibility index (Phi) is 5.64. The molecule has 0 aliphatic carbocycles. The van der Waals surface area contributed by atoms with Gasteiger partial charge in [-0.3, -0.25) is 4.79 Å². The van der Waals surface area contributed by atoms with Crippen LogP contribution in [0.2, 0.25) is 5.02 Å². The summed E-state index contributed by atoms with van der Waals surface area (Å²) in [6.45, 7) is 2.93. The molecule has 2 N–H and O–H groups in total. The van der Waals surface area contributed by atoms with Gasteiger partial charge in [-0.1, -0.05) is 48.0 Å². The number of benzene rings is 2. The number of rotatable bonds is 6. The molecule has 3 nitrogen and oxygen atoms in total. The van der Waals surface area contributed by atoms with Gasteiger partial charge in [0.2, 0.25) is 5.91 Å². The van der Waals surface area contributed by atoms with E-state index in [1.165, 1.54) is 11.1 Å². The molecular weight excluding hydrogens is 284 g/mol. The first-order valence-corrected chi connectivity index (χ1v) is 7.34. The van der Waals surface area contributed by atoms with E-state index < -0.39 is 0 Å². The molecule has 0 saturated carbocycles. The van der Waals surface area contributed by atoms with Crippen LogP contribution in [0.25, 0.3) is 0 Å². The molecule has 0 bridgehead atoms. The lowest BCUT2D eigenvalue weighted by Crippen LogP contribution is -2.31. The van der Waals surface area contributed by atoms with Gasteiger partial charge in [-0.05, 0) is 36.6 Å². The van der Waals surface area contributed by atoms with Gasteiger partial charge in [0.05, 0.1) is 17.3 Å². The van der Waals surface area contributed by atoms with E-state index in [2.05, 4.69) is 29.7 Å². The normalized spacial score (nSPS) is 10.2. The summed E-state index contributed by atoms with van der Waals surface area (Å²) in [6, 6.07) is 15.6. The summed E-state index contributed by atoms with van der Waals surface area (Å²) in [5, 5.41) is 6.55. The summed E-state index contributed by atoms with van der Waals surface area (Å²) < 4.78 is 0. The first-order valence-electron chi connectivity index (χ1n) is 6.96. The zero-order chi connectivity index (χ0) is 15.1. The van der Waals surface area contributed by atoms with Crippen LogP contribution >= 0.6 is 11.6 Å². The zero-order valence-electron chi connectivity index (χ0n) is 12.0. The van der Waals surface area contributed by atoms with Crippen molar-refractivity contribution in [1.82, 2.24) is 5.32 Å². The predicted octanol–water partition coefficient (Wildman–Crippen LogP) is 3.42. The monoisotopic (exact) mass is 302 g/mol. The number of para-hydroxylation sites is 1. The smallest absolute Gasteiger partial charge is 0.239 e. The van der Waals surface area contributed by atoms with Crippen molar-refractivity contribution in [3.63, 3.8) is 0 Å². The maximum atomic E-state index is 11.8. The molecule has 2 aromatic carbocycles. The molecule has 0 spiro atoms. The van der Waals surface area contributed by atoms with Gasteiger partial charge >= 0.3 is 0 Å². The number of aryl methyl sites for hydroxylation is 1. The van der Waals surface area contributed by atoms with Crippen LogP contribution in [0.1, 0.15) is 11.1 Å². The average Bonchev–Trinajstić information content (AvgIpc) is 2.48. The quantitative estimate of drug-likeness (QED) is 0.858. The number of nitrogens with one attached hydrogen (secondary N) is 2. The molecule has 0 aromatic heterocycles. The molecule has 2 aromatic rings. The van der Waals surface area contributed by atoms with Crippen molar-refractivity contribution in [2.24, 2.45) is 0 Å². The highest BCUT2D eigenvalue weighted by Crippen LogP contribution is 2.19. The van der Waals surface area contributed by atoms with E-state index in [1.54, 1.807) is 6.07 Å². The first-order chi connectivity index (χ1) is 10.2. The van der Waals surface area contributed by atoms with E-state index >= 15 is 0 Å². The minimum atomic E-state index is -0.0384. The van der Waals surface area contributed by atoms with Gasteiger partial charge in [0.15, 0.2) is 0 Å². The van der Waals surface area contributed by atoms with Gasteiger partial charge in [-0.15, -0.1) is 0 Å². The molecule has 0 radical (unpaired) electrons. The number of carbonyl (C=O) groups is 1. The zero-order valence-corrected chi connectivity index (χ0v) is 12.8. The van der Waals surface area contributed by atoms with Crippen LogP contribution in [-0.4, -0.2) is 19.0 Å². The lowest BCUT2D eigenvalue weighted by molar-refractivity contribution is -0.119. The van der Waals surface area contributed by atoms with E-state index in [9.17, 15) is 4.79 Å². The van der Waals surface area contributed by atoms with E-state index in [1.807, 2.05) is 30.3 Å². The molecule has 0 fully saturated rings. The predicted molar refractivity (Wildman–Crippen MR) is 87.8 cm³/mol. The second-order valence-corrected chi connectivity index (χ2v) is 5.27. The third-order valence-electron chi connectivity index (χ3n) is 3.29. The standard InChI is InChI=1S/C17H19ClN2O/c1-13-6-2-3-7-14(13)10-11-19-17(21)12-20-16-9-5-4-8-15(16)18/h2-9,20H,10-12H2,1H3,(H,19,21). The van der Waals surface area contributed by atoms with Crippen molar-refractivity contribution in [2.75, 3.05) is 18.4 Å². The minimum Gasteiger partial charge on any atom is -0.375 e. The number of halogens is 1. The van der Waals surface area contributed by atoms with Crippen LogP contribution in [-0.2, 0) is 11.2 Å². The summed E-state index contributed by atoms with van der Waals surface area (Å²) in [4.78, 5) is 11.8. The van der Waals surface area contributed by atoms with E-state index in [4.69, 9.17) is 11.6 Å². The molecule has 110 valence electrons. The van der Waals surface area contributed by atoms with Crippen molar-refractivity contribution in [3.8, 4) is 0 Å². The Morgan fingerprint density at radius 2 is 1.81 bits per heavy atom. The van der Waals surface area contributed by atoms with Crippen LogP contribution in [0.3, 0.4) is 0 Å². The Hall–Kier alpha value is -2.00. The fourth-order valence-electron chi connectivity index (χ4n) is 2.07. The van der Waals surface area contributed by atoms with Gasteiger partial charge in [0.1, 0.15) is 0 Å². The SMILES string of the molecule is Cc1ccccc1CCNC(=O)CNc1ccccc1Cl. The summed E-state index contributed by atoms with van der Waals surface area (Å²) in [5.41, 5.74) is 3.28. The van der Waals surface area contributed by atoms with Crippen LogP contribution in [0.5, 0.6) is 0 Å². The maximum Gasteiger partial charge on any atom is 0.239 e. The summed E-state index contributed by atoms with van der Waals surface area (Å²) in [6.07, 6.45) is 0.838. The van der Waals surface area contributed by atoms with Crippen LogP contribution in [0.4, 0.5) is 5.69 Å². The third-order valence-corrected chi connectivity index (χ3v) is 3.62. The Bertz CT molecular complexity index is 613. The van der Waals surface area contributed by atoms with Crippen molar-refractivity contribution in [2.45, 2.75) is 13.3 Å². The molecular formula is C17H19ClN2O. The molecule has 0 saturated heterocycles. The molecule has 0 aliphatic heterocycles. The first kappa shape index (κ1) is 15.4. The number of anilines is 1. The van der Waals surface area contributed by atoms with Crippen molar-refractivity contribution < 1.29 is 4.79 Å². The van der Waals surface area contributed by atoms with Crippen LogP contribution in [0, 0.1) is 6.92 Å². The molecule has 0 unspecified atom stereocenters. The molecule has 0 heterocycles. The topological polar surface area (TPSA) is 41.1 Å². The minimum absolute atomic E-state index is 0.0384. The fourth-order valence-corrected chi connectivity index (χ4v) is 2.27. The second kappa shape index (κ2) is 7.70. The molecule has 1 amide bonds. The summed E-state index contributed by atoms with van der Waals surface area (Å²) in [7, 11) is 0. The van der Waals surface area contributed by atoms with E-state index in [0.717, 1.165) is 12.1 Å². The summed E-state index contributed by atoms with van der Waals surface area (Å²) >= 11 is 6.02. The fraction of sp³-hybridized carbons (Fsp3) is 0.235. The van der Waals surface area contributed by atoms with Gasteiger partial charge in [-0.2, -0.15) is 0 Å². The van der Waals surface area contributed by atoms with Crippen molar-refractivity contribution in [1.29, 1.82) is 0 Å². The molecule has 2 rings (SSSR count). The summed E-state index contributed by atoms with van der Waals surface area (Å²) in [5.74, 6) is -0.0384. The molecule has 0 atom stereocenters. The lowest BCUT2D eigenvalue weighted by atomic mass is 10.1. The molecule has 0 aliphatic rings. The molecule has 21 heavy (non-hydrogen) atoms.